The summed E-state index contributed by atoms with van der Waals surface area (Å²) < 4.78 is 31.7. The van der Waals surface area contributed by atoms with Crippen LogP contribution in [-0.4, -0.2) is 59.0 Å². The van der Waals surface area contributed by atoms with E-state index in [0.717, 1.165) is 6.42 Å². The molecule has 0 heterocycles. The Morgan fingerprint density at radius 3 is 1.86 bits per heavy atom. The van der Waals surface area contributed by atoms with Gasteiger partial charge in [-0.05, 0) is 71.6 Å². The summed E-state index contributed by atoms with van der Waals surface area (Å²) in [4.78, 5) is 49.5. The van der Waals surface area contributed by atoms with Crippen molar-refractivity contribution in [2.24, 2.45) is 11.7 Å². The molecular formula is C30H47NO11. The third-order valence-corrected chi connectivity index (χ3v) is 7.23. The third-order valence-electron chi connectivity index (χ3n) is 7.23. The number of nitrogens with two attached hydrogens (primary N) is 1. The number of carboxylic acids is 1. The molecule has 0 fully saturated rings. The smallest absolute Gasteiger partial charge is 0.480 e. The van der Waals surface area contributed by atoms with Gasteiger partial charge in [-0.3, -0.25) is 4.79 Å². The van der Waals surface area contributed by atoms with E-state index in [4.69, 9.17) is 34.2 Å². The number of carboxylic acid groups (broad SMARTS) is 1. The minimum atomic E-state index is -1.92. The number of ether oxygens (including phenoxy) is 6. The molecule has 1 rings (SSSR count). The molecule has 12 nitrogen and oxygen atoms in total. The first-order valence-corrected chi connectivity index (χ1v) is 14.2. The predicted molar refractivity (Wildman–Crippen MR) is 154 cm³/mol. The van der Waals surface area contributed by atoms with E-state index in [-0.39, 0.29) is 24.5 Å². The number of unbranched alkanes of at least 4 members (excludes halogenated alkanes) is 1. The minimum absolute atomic E-state index is 0.153. The number of aliphatic carboxylic acids is 1. The number of hydrogen-bond acceptors (Lipinski definition) is 11. The van der Waals surface area contributed by atoms with Crippen molar-refractivity contribution in [1.82, 2.24) is 0 Å². The van der Waals surface area contributed by atoms with Crippen molar-refractivity contribution in [3.8, 4) is 11.5 Å². The Kier molecular flexibility index (Phi) is 13.6. The second-order valence-corrected chi connectivity index (χ2v) is 11.5. The van der Waals surface area contributed by atoms with Crippen molar-refractivity contribution in [2.45, 2.75) is 117 Å². The zero-order chi connectivity index (χ0) is 32.3. The van der Waals surface area contributed by atoms with Gasteiger partial charge in [0, 0.05) is 12.3 Å². The van der Waals surface area contributed by atoms with Crippen LogP contribution < -0.4 is 15.2 Å². The van der Waals surface area contributed by atoms with Crippen LogP contribution in [0.25, 0.3) is 0 Å². The molecule has 42 heavy (non-hydrogen) atoms. The summed E-state index contributed by atoms with van der Waals surface area (Å²) in [6.07, 6.45) is -1.66. The molecule has 0 spiro atoms. The highest BCUT2D eigenvalue weighted by Gasteiger charge is 2.44. The fourth-order valence-electron chi connectivity index (χ4n) is 3.42. The van der Waals surface area contributed by atoms with Gasteiger partial charge in [-0.25, -0.2) is 14.4 Å². The maximum Gasteiger partial charge on any atom is 0.514 e. The zero-order valence-corrected chi connectivity index (χ0v) is 26.2. The van der Waals surface area contributed by atoms with E-state index in [1.165, 1.54) is 25.1 Å². The van der Waals surface area contributed by atoms with Gasteiger partial charge in [-0.15, -0.1) is 0 Å². The van der Waals surface area contributed by atoms with Gasteiger partial charge in [0.15, 0.2) is 11.5 Å². The maximum atomic E-state index is 12.6. The molecule has 0 saturated heterocycles. The molecule has 0 saturated carbocycles. The van der Waals surface area contributed by atoms with Gasteiger partial charge in [0.1, 0.15) is 22.8 Å². The Hall–Kier alpha value is -3.54. The van der Waals surface area contributed by atoms with Crippen LogP contribution in [-0.2, 0) is 30.2 Å². The number of carbonyl (C=O) groups excluding carboxylic acids is 3. The molecule has 0 bridgehead atoms. The molecule has 3 atom stereocenters. The Balaban J connectivity index is 3.31. The molecule has 12 heteroatoms. The van der Waals surface area contributed by atoms with E-state index >= 15 is 0 Å². The van der Waals surface area contributed by atoms with Crippen molar-refractivity contribution >= 4 is 24.4 Å². The van der Waals surface area contributed by atoms with Crippen LogP contribution in [0.3, 0.4) is 0 Å². The molecule has 0 aliphatic rings. The third kappa shape index (κ3) is 11.4. The van der Waals surface area contributed by atoms with Gasteiger partial charge in [0.05, 0.1) is 6.61 Å². The quantitative estimate of drug-likeness (QED) is 0.0988. The Morgan fingerprint density at radius 2 is 1.38 bits per heavy atom. The lowest BCUT2D eigenvalue weighted by Crippen LogP contribution is -2.58. The number of rotatable bonds is 15. The van der Waals surface area contributed by atoms with E-state index in [1.54, 1.807) is 34.6 Å². The van der Waals surface area contributed by atoms with Crippen LogP contribution in [0.5, 0.6) is 11.5 Å². The molecule has 1 aromatic carbocycles. The average molecular weight is 598 g/mol. The lowest BCUT2D eigenvalue weighted by molar-refractivity contribution is -0.147. The first-order chi connectivity index (χ1) is 19.4. The lowest BCUT2D eigenvalue weighted by Gasteiger charge is -2.34. The van der Waals surface area contributed by atoms with Gasteiger partial charge in [-0.2, -0.15) is 0 Å². The first kappa shape index (κ1) is 36.5. The summed E-state index contributed by atoms with van der Waals surface area (Å²) in [5.74, 6) is -2.59. The highest BCUT2D eigenvalue weighted by atomic mass is 16.8. The molecule has 0 aliphatic carbocycles. The molecule has 1 aromatic rings. The van der Waals surface area contributed by atoms with Crippen LogP contribution in [0, 0.1) is 5.92 Å². The van der Waals surface area contributed by atoms with E-state index in [9.17, 15) is 24.3 Å². The molecule has 0 radical (unpaired) electrons. The Morgan fingerprint density at radius 1 is 0.857 bits per heavy atom. The fraction of sp³-hybridized carbons (Fsp3) is 0.667. The Labute approximate surface area is 248 Å². The normalized spacial score (nSPS) is 14.5. The molecule has 0 aliphatic heterocycles. The topological polar surface area (TPSA) is 170 Å². The lowest BCUT2D eigenvalue weighted by atomic mass is 9.78. The van der Waals surface area contributed by atoms with Gasteiger partial charge in [0.2, 0.25) is 0 Å². The molecule has 0 aromatic heterocycles. The highest BCUT2D eigenvalue weighted by molar-refractivity contribution is 5.80. The van der Waals surface area contributed by atoms with E-state index in [1.807, 2.05) is 20.8 Å². The highest BCUT2D eigenvalue weighted by Crippen LogP contribution is 2.33. The SMILES string of the molecule is CCCCOC(=O)O[C@@H](C)[C@@H](C)[C@](N)(Cc1ccc(OC(=O)OC(C)(C)CC)c(OC(=O)OC(C)(C)CC)c1)C(=O)O. The van der Waals surface area contributed by atoms with Crippen molar-refractivity contribution < 1.29 is 52.7 Å². The van der Waals surface area contributed by atoms with Crippen LogP contribution in [0.1, 0.15) is 93.6 Å². The summed E-state index contributed by atoms with van der Waals surface area (Å²) in [5, 5.41) is 10.1. The van der Waals surface area contributed by atoms with Gasteiger partial charge < -0.3 is 39.3 Å². The Bertz CT molecular complexity index is 1090. The monoisotopic (exact) mass is 597 g/mol. The maximum absolute atomic E-state index is 12.6. The predicted octanol–water partition coefficient (Wildman–Crippen LogP) is 6.40. The number of carbonyl (C=O) groups is 4. The second kappa shape index (κ2) is 15.6. The summed E-state index contributed by atoms with van der Waals surface area (Å²) in [7, 11) is 0. The molecule has 0 amide bonds. The first-order valence-electron chi connectivity index (χ1n) is 14.2. The standard InChI is InChI=1S/C30H47NO11/c1-10-13-16-37-25(34)38-20(5)19(4)30(31,24(32)33)18-21-14-15-22(39-26(35)41-28(6,7)11-2)23(17-21)40-27(36)42-29(8,9)12-3/h14-15,17,19-20H,10-13,16,18,31H2,1-9H3,(H,32,33)/t19-,20+,30-/m1/s1. The van der Waals surface area contributed by atoms with Crippen molar-refractivity contribution in [3.63, 3.8) is 0 Å². The second-order valence-electron chi connectivity index (χ2n) is 11.5. The van der Waals surface area contributed by atoms with Gasteiger partial charge in [0.25, 0.3) is 0 Å². The van der Waals surface area contributed by atoms with Crippen molar-refractivity contribution in [2.75, 3.05) is 6.61 Å². The van der Waals surface area contributed by atoms with Crippen LogP contribution >= 0.6 is 0 Å². The van der Waals surface area contributed by atoms with E-state index in [0.29, 0.717) is 24.8 Å². The molecule has 238 valence electrons. The van der Waals surface area contributed by atoms with Crippen LogP contribution in [0.4, 0.5) is 14.4 Å². The van der Waals surface area contributed by atoms with E-state index < -0.39 is 53.2 Å². The summed E-state index contributed by atoms with van der Waals surface area (Å²) in [6, 6.07) is 4.14. The molecule has 0 unspecified atom stereocenters. The fourth-order valence-corrected chi connectivity index (χ4v) is 3.42. The van der Waals surface area contributed by atoms with Gasteiger partial charge >= 0.3 is 24.4 Å². The number of hydrogen-bond donors (Lipinski definition) is 2. The largest absolute Gasteiger partial charge is 0.514 e. The average Bonchev–Trinajstić information content (AvgIpc) is 2.88. The molecule has 3 N–H and O–H groups in total. The summed E-state index contributed by atoms with van der Waals surface area (Å²) >= 11 is 0. The van der Waals surface area contributed by atoms with Crippen molar-refractivity contribution in [3.05, 3.63) is 23.8 Å². The van der Waals surface area contributed by atoms with Crippen molar-refractivity contribution in [1.29, 1.82) is 0 Å². The number of benzene rings is 1. The van der Waals surface area contributed by atoms with Crippen LogP contribution in [0.2, 0.25) is 0 Å². The minimum Gasteiger partial charge on any atom is -0.480 e. The van der Waals surface area contributed by atoms with E-state index in [2.05, 4.69) is 0 Å². The van der Waals surface area contributed by atoms with Gasteiger partial charge in [-0.1, -0.05) is 40.2 Å². The van der Waals surface area contributed by atoms with Crippen LogP contribution in [0.15, 0.2) is 18.2 Å². The summed E-state index contributed by atoms with van der Waals surface area (Å²) in [6.45, 7) is 15.7. The summed E-state index contributed by atoms with van der Waals surface area (Å²) in [5.41, 5.74) is 3.17. The zero-order valence-electron chi connectivity index (χ0n) is 26.2. The molecular weight excluding hydrogens is 550 g/mol.